The Morgan fingerprint density at radius 1 is 1.06 bits per heavy atom. The summed E-state index contributed by atoms with van der Waals surface area (Å²) in [6.45, 7) is 7.60. The Balaban J connectivity index is 1.86. The van der Waals surface area contributed by atoms with Crippen LogP contribution in [0.3, 0.4) is 0 Å². The van der Waals surface area contributed by atoms with E-state index in [9.17, 15) is 14.9 Å². The fourth-order valence-electron chi connectivity index (χ4n) is 3.97. The lowest BCUT2D eigenvalue weighted by molar-refractivity contribution is -0.130. The molecule has 1 saturated heterocycles. The first-order valence-electron chi connectivity index (χ1n) is 10.4. The molecule has 7 heteroatoms. The van der Waals surface area contributed by atoms with Crippen molar-refractivity contribution in [2.24, 2.45) is 0 Å². The van der Waals surface area contributed by atoms with Crippen molar-refractivity contribution in [2.75, 3.05) is 33.3 Å². The van der Waals surface area contributed by atoms with E-state index in [4.69, 9.17) is 4.74 Å². The lowest BCUT2D eigenvalue weighted by Gasteiger charge is -2.21. The minimum Gasteiger partial charge on any atom is -0.497 e. The van der Waals surface area contributed by atoms with Crippen molar-refractivity contribution in [3.63, 3.8) is 0 Å². The van der Waals surface area contributed by atoms with Crippen molar-refractivity contribution in [2.45, 2.75) is 27.2 Å². The van der Waals surface area contributed by atoms with Crippen LogP contribution in [-0.4, -0.2) is 59.5 Å². The zero-order valence-corrected chi connectivity index (χ0v) is 18.5. The Labute approximate surface area is 183 Å². The van der Waals surface area contributed by atoms with Crippen LogP contribution in [0.4, 0.5) is 0 Å². The SMILES string of the molecule is COc1ccc(-n2c(C)cc(/C=C(\C#N)C(=O)N3CCCN(C(C)=O)CC3)c2C)cc1. The zero-order valence-electron chi connectivity index (χ0n) is 18.5. The van der Waals surface area contributed by atoms with Crippen LogP contribution in [-0.2, 0) is 9.59 Å². The molecule has 0 atom stereocenters. The molecule has 0 aliphatic carbocycles. The third-order valence-corrected chi connectivity index (χ3v) is 5.68. The van der Waals surface area contributed by atoms with E-state index >= 15 is 0 Å². The van der Waals surface area contributed by atoms with Gasteiger partial charge >= 0.3 is 0 Å². The summed E-state index contributed by atoms with van der Waals surface area (Å²) in [6, 6.07) is 11.8. The number of amides is 2. The predicted molar refractivity (Wildman–Crippen MR) is 119 cm³/mol. The van der Waals surface area contributed by atoms with Gasteiger partial charge in [-0.1, -0.05) is 0 Å². The molecule has 3 rings (SSSR count). The van der Waals surface area contributed by atoms with Crippen LogP contribution in [0.2, 0.25) is 0 Å². The molecule has 0 N–H and O–H groups in total. The summed E-state index contributed by atoms with van der Waals surface area (Å²) in [4.78, 5) is 28.1. The molecule has 0 radical (unpaired) electrons. The number of carbonyl (C=O) groups is 2. The molecular formula is C24H28N4O3. The molecule has 0 bridgehead atoms. The third kappa shape index (κ3) is 4.80. The molecule has 2 heterocycles. The van der Waals surface area contributed by atoms with Gasteiger partial charge in [-0.2, -0.15) is 5.26 Å². The third-order valence-electron chi connectivity index (χ3n) is 5.68. The summed E-state index contributed by atoms with van der Waals surface area (Å²) in [5.74, 6) is 0.503. The lowest BCUT2D eigenvalue weighted by atomic mass is 10.1. The average Bonchev–Trinajstić information content (AvgIpc) is 2.93. The second kappa shape index (κ2) is 9.52. The largest absolute Gasteiger partial charge is 0.497 e. The van der Waals surface area contributed by atoms with Crippen LogP contribution in [0.15, 0.2) is 35.9 Å². The van der Waals surface area contributed by atoms with E-state index in [1.54, 1.807) is 23.0 Å². The molecule has 0 unspecified atom stereocenters. The summed E-state index contributed by atoms with van der Waals surface area (Å²) < 4.78 is 7.32. The molecule has 1 aromatic heterocycles. The van der Waals surface area contributed by atoms with Gasteiger partial charge in [0, 0.05) is 50.2 Å². The number of rotatable bonds is 4. The Bertz CT molecular complexity index is 1040. The molecule has 7 nitrogen and oxygen atoms in total. The van der Waals surface area contributed by atoms with Gasteiger partial charge in [-0.05, 0) is 62.2 Å². The van der Waals surface area contributed by atoms with E-state index in [1.165, 1.54) is 6.92 Å². The van der Waals surface area contributed by atoms with E-state index in [0.29, 0.717) is 32.6 Å². The quantitative estimate of drug-likeness (QED) is 0.562. The summed E-state index contributed by atoms with van der Waals surface area (Å²) in [5, 5.41) is 9.69. The van der Waals surface area contributed by atoms with E-state index in [2.05, 4.69) is 10.6 Å². The maximum Gasteiger partial charge on any atom is 0.264 e. The Kier molecular flexibility index (Phi) is 6.81. The van der Waals surface area contributed by atoms with E-state index in [-0.39, 0.29) is 17.4 Å². The van der Waals surface area contributed by atoms with Crippen molar-refractivity contribution in [3.8, 4) is 17.5 Å². The highest BCUT2D eigenvalue weighted by atomic mass is 16.5. The van der Waals surface area contributed by atoms with Crippen LogP contribution in [0, 0.1) is 25.2 Å². The molecule has 31 heavy (non-hydrogen) atoms. The van der Waals surface area contributed by atoms with Gasteiger partial charge in [0.25, 0.3) is 5.91 Å². The number of methoxy groups -OCH3 is 1. The zero-order chi connectivity index (χ0) is 22.5. The summed E-state index contributed by atoms with van der Waals surface area (Å²) in [6.07, 6.45) is 2.37. The molecule has 2 aromatic rings. The van der Waals surface area contributed by atoms with Crippen molar-refractivity contribution in [1.29, 1.82) is 5.26 Å². The second-order valence-electron chi connectivity index (χ2n) is 7.68. The highest BCUT2D eigenvalue weighted by molar-refractivity contribution is 6.02. The smallest absolute Gasteiger partial charge is 0.264 e. The van der Waals surface area contributed by atoms with Gasteiger partial charge in [-0.25, -0.2) is 0 Å². The summed E-state index contributed by atoms with van der Waals surface area (Å²) in [5.41, 5.74) is 3.87. The Morgan fingerprint density at radius 2 is 1.71 bits per heavy atom. The second-order valence-corrected chi connectivity index (χ2v) is 7.68. The number of carbonyl (C=O) groups excluding carboxylic acids is 2. The highest BCUT2D eigenvalue weighted by Crippen LogP contribution is 2.24. The van der Waals surface area contributed by atoms with Crippen molar-refractivity contribution >= 4 is 17.9 Å². The monoisotopic (exact) mass is 420 g/mol. The average molecular weight is 421 g/mol. The first-order chi connectivity index (χ1) is 14.8. The van der Waals surface area contributed by atoms with Crippen LogP contribution in [0.1, 0.15) is 30.3 Å². The molecule has 1 fully saturated rings. The molecular weight excluding hydrogens is 392 g/mol. The first kappa shape index (κ1) is 22.2. The molecule has 1 aliphatic rings. The van der Waals surface area contributed by atoms with Crippen LogP contribution < -0.4 is 4.74 Å². The van der Waals surface area contributed by atoms with Gasteiger partial charge < -0.3 is 19.1 Å². The lowest BCUT2D eigenvalue weighted by Crippen LogP contribution is -2.37. The van der Waals surface area contributed by atoms with Crippen molar-refractivity contribution in [1.82, 2.24) is 14.4 Å². The number of aryl methyl sites for hydroxylation is 1. The normalized spacial score (nSPS) is 14.7. The number of hydrogen-bond acceptors (Lipinski definition) is 4. The fraction of sp³-hybridized carbons (Fsp3) is 0.375. The summed E-state index contributed by atoms with van der Waals surface area (Å²) >= 11 is 0. The number of aromatic nitrogens is 1. The molecule has 2 amide bonds. The van der Waals surface area contributed by atoms with Crippen molar-refractivity contribution < 1.29 is 14.3 Å². The van der Waals surface area contributed by atoms with E-state index in [1.807, 2.05) is 44.2 Å². The fourth-order valence-corrected chi connectivity index (χ4v) is 3.97. The van der Waals surface area contributed by atoms with Crippen LogP contribution in [0.25, 0.3) is 11.8 Å². The molecule has 1 aliphatic heterocycles. The molecule has 162 valence electrons. The minimum absolute atomic E-state index is 0.0105. The highest BCUT2D eigenvalue weighted by Gasteiger charge is 2.23. The van der Waals surface area contributed by atoms with Gasteiger partial charge in [-0.15, -0.1) is 0 Å². The molecule has 0 spiro atoms. The van der Waals surface area contributed by atoms with Crippen LogP contribution in [0.5, 0.6) is 5.75 Å². The van der Waals surface area contributed by atoms with Gasteiger partial charge in [0.05, 0.1) is 7.11 Å². The van der Waals surface area contributed by atoms with Gasteiger partial charge in [-0.3, -0.25) is 9.59 Å². The van der Waals surface area contributed by atoms with Crippen molar-refractivity contribution in [3.05, 3.63) is 52.9 Å². The number of hydrogen-bond donors (Lipinski definition) is 0. The van der Waals surface area contributed by atoms with Gasteiger partial charge in [0.15, 0.2) is 0 Å². The van der Waals surface area contributed by atoms with Crippen LogP contribution >= 0.6 is 0 Å². The van der Waals surface area contributed by atoms with E-state index < -0.39 is 0 Å². The Hall–Kier alpha value is -3.53. The minimum atomic E-state index is -0.290. The van der Waals surface area contributed by atoms with E-state index in [0.717, 1.165) is 28.4 Å². The number of ether oxygens (including phenoxy) is 1. The standard InChI is InChI=1S/C24H28N4O3/c1-17-14-20(18(2)28(17)22-6-8-23(31-4)9-7-22)15-21(16-25)24(30)27-11-5-10-26(12-13-27)19(3)29/h6-9,14-15H,5,10-13H2,1-4H3/b21-15+. The first-order valence-corrected chi connectivity index (χ1v) is 10.4. The Morgan fingerprint density at radius 3 is 2.32 bits per heavy atom. The molecule has 0 saturated carbocycles. The topological polar surface area (TPSA) is 78.6 Å². The predicted octanol–water partition coefficient (Wildman–Crippen LogP) is 3.09. The maximum absolute atomic E-state index is 13.0. The number of benzene rings is 1. The van der Waals surface area contributed by atoms with Gasteiger partial charge in [0.1, 0.15) is 17.4 Å². The maximum atomic E-state index is 13.0. The number of nitrogens with zero attached hydrogens (tertiary/aromatic N) is 4. The molecule has 1 aromatic carbocycles. The summed E-state index contributed by atoms with van der Waals surface area (Å²) in [7, 11) is 1.63. The number of nitriles is 1. The van der Waals surface area contributed by atoms with Gasteiger partial charge in [0.2, 0.25) is 5.91 Å².